The van der Waals surface area contributed by atoms with Crippen molar-refractivity contribution in [3.63, 3.8) is 0 Å². The molecule has 8 heteroatoms. The zero-order valence-corrected chi connectivity index (χ0v) is 24.3. The fraction of sp³-hybridized carbons (Fsp3) is 0.441. The van der Waals surface area contributed by atoms with Gasteiger partial charge in [-0.15, -0.1) is 0 Å². The van der Waals surface area contributed by atoms with Crippen molar-refractivity contribution in [2.45, 2.75) is 63.7 Å². The first kappa shape index (κ1) is 28.4. The molecule has 42 heavy (non-hydrogen) atoms. The Morgan fingerprint density at radius 2 is 1.71 bits per heavy atom. The first-order valence-electron chi connectivity index (χ1n) is 15.2. The molecule has 0 aliphatic carbocycles. The van der Waals surface area contributed by atoms with E-state index < -0.39 is 5.97 Å². The summed E-state index contributed by atoms with van der Waals surface area (Å²) in [5.74, 6) is -0.458. The Bertz CT molecular complexity index is 1400. The summed E-state index contributed by atoms with van der Waals surface area (Å²) in [6, 6.07) is 21.8. The maximum Gasteiger partial charge on any atom is 0.335 e. The minimum atomic E-state index is -0.957. The maximum absolute atomic E-state index is 13.9. The number of pyridine rings is 1. The van der Waals surface area contributed by atoms with Gasteiger partial charge in [-0.25, -0.2) is 9.59 Å². The van der Waals surface area contributed by atoms with E-state index in [1.54, 1.807) is 18.2 Å². The number of carbonyl (C=O) groups is 2. The fourth-order valence-corrected chi connectivity index (χ4v) is 6.77. The van der Waals surface area contributed by atoms with Crippen LogP contribution in [0.2, 0.25) is 0 Å². The van der Waals surface area contributed by atoms with Crippen LogP contribution in [0.1, 0.15) is 76.1 Å². The third-order valence-corrected chi connectivity index (χ3v) is 9.15. The second kappa shape index (κ2) is 12.6. The summed E-state index contributed by atoms with van der Waals surface area (Å²) in [5.41, 5.74) is 5.80. The minimum Gasteiger partial charge on any atom is -0.478 e. The Labute approximate surface area is 247 Å². The zero-order valence-electron chi connectivity index (χ0n) is 24.3. The van der Waals surface area contributed by atoms with Crippen molar-refractivity contribution in [1.29, 1.82) is 0 Å². The molecule has 2 aromatic carbocycles. The summed E-state index contributed by atoms with van der Waals surface area (Å²) >= 11 is 0. The summed E-state index contributed by atoms with van der Waals surface area (Å²) in [6.45, 7) is 7.49. The average Bonchev–Trinajstić information content (AvgIpc) is 3.34. The second-order valence-corrected chi connectivity index (χ2v) is 11.9. The monoisotopic (exact) mass is 568 g/mol. The SMILES string of the molecule is Cc1nc(C2CCOCC2)ccc1CN1CCC(N2C(=O)N(Cc3cccc(C(=O)O)c3)C[C@H]2c2ccccc2)CC1. The number of carboxylic acids is 1. The molecule has 3 aliphatic rings. The number of nitrogens with zero attached hydrogens (tertiary/aromatic N) is 4. The topological polar surface area (TPSA) is 86.2 Å². The third kappa shape index (κ3) is 6.20. The summed E-state index contributed by atoms with van der Waals surface area (Å²) < 4.78 is 5.52. The van der Waals surface area contributed by atoms with Gasteiger partial charge in [0.2, 0.25) is 0 Å². The summed E-state index contributed by atoms with van der Waals surface area (Å²) in [5, 5.41) is 9.42. The summed E-state index contributed by atoms with van der Waals surface area (Å²) in [6.07, 6.45) is 3.93. The Morgan fingerprint density at radius 3 is 2.43 bits per heavy atom. The summed E-state index contributed by atoms with van der Waals surface area (Å²) in [7, 11) is 0. The number of carbonyl (C=O) groups excluding carboxylic acids is 1. The Morgan fingerprint density at radius 1 is 0.952 bits per heavy atom. The molecule has 1 aromatic heterocycles. The number of hydrogen-bond acceptors (Lipinski definition) is 5. The molecule has 0 unspecified atom stereocenters. The lowest BCUT2D eigenvalue weighted by atomic mass is 9.95. The van der Waals surface area contributed by atoms with E-state index in [1.165, 1.54) is 11.3 Å². The highest BCUT2D eigenvalue weighted by Gasteiger charge is 2.42. The van der Waals surface area contributed by atoms with Crippen LogP contribution in [-0.2, 0) is 17.8 Å². The van der Waals surface area contributed by atoms with Crippen molar-refractivity contribution in [2.24, 2.45) is 0 Å². The van der Waals surface area contributed by atoms with Crippen LogP contribution in [0.5, 0.6) is 0 Å². The van der Waals surface area contributed by atoms with E-state index in [2.05, 4.69) is 41.0 Å². The van der Waals surface area contributed by atoms with Crippen LogP contribution in [0.4, 0.5) is 4.79 Å². The lowest BCUT2D eigenvalue weighted by Crippen LogP contribution is -2.47. The fourth-order valence-electron chi connectivity index (χ4n) is 6.77. The van der Waals surface area contributed by atoms with Crippen molar-refractivity contribution < 1.29 is 19.4 Å². The van der Waals surface area contributed by atoms with Gasteiger partial charge in [0.1, 0.15) is 0 Å². The molecule has 6 rings (SSSR count). The maximum atomic E-state index is 13.9. The molecule has 3 aliphatic heterocycles. The van der Waals surface area contributed by atoms with E-state index in [0.717, 1.165) is 75.4 Å². The number of aromatic nitrogens is 1. The molecule has 2 amide bonds. The van der Waals surface area contributed by atoms with Gasteiger partial charge in [0, 0.05) is 69.3 Å². The van der Waals surface area contributed by atoms with Crippen molar-refractivity contribution in [2.75, 3.05) is 32.8 Å². The number of piperidine rings is 1. The highest BCUT2D eigenvalue weighted by atomic mass is 16.5. The number of benzene rings is 2. The van der Waals surface area contributed by atoms with Crippen LogP contribution in [-0.4, -0.2) is 75.7 Å². The normalized spacial score (nSPS) is 20.8. The van der Waals surface area contributed by atoms with Crippen LogP contribution in [0.25, 0.3) is 0 Å². The molecule has 220 valence electrons. The molecule has 0 spiro atoms. The largest absolute Gasteiger partial charge is 0.478 e. The average molecular weight is 569 g/mol. The van der Waals surface area contributed by atoms with Gasteiger partial charge < -0.3 is 19.6 Å². The lowest BCUT2D eigenvalue weighted by molar-refractivity contribution is 0.0696. The number of aryl methyl sites for hydroxylation is 1. The number of urea groups is 1. The van der Waals surface area contributed by atoms with Crippen molar-refractivity contribution in [1.82, 2.24) is 19.7 Å². The van der Waals surface area contributed by atoms with Crippen LogP contribution in [0.3, 0.4) is 0 Å². The Balaban J connectivity index is 1.12. The Kier molecular flexibility index (Phi) is 8.53. The van der Waals surface area contributed by atoms with Crippen molar-refractivity contribution in [3.05, 3.63) is 100 Å². The van der Waals surface area contributed by atoms with Gasteiger partial charge in [-0.2, -0.15) is 0 Å². The van der Waals surface area contributed by atoms with Gasteiger partial charge in [0.25, 0.3) is 0 Å². The van der Waals surface area contributed by atoms with Gasteiger partial charge in [-0.3, -0.25) is 9.88 Å². The smallest absolute Gasteiger partial charge is 0.335 e. The number of rotatable bonds is 8. The number of hydrogen-bond donors (Lipinski definition) is 1. The predicted octanol–water partition coefficient (Wildman–Crippen LogP) is 5.63. The molecular weight excluding hydrogens is 528 g/mol. The van der Waals surface area contributed by atoms with Crippen LogP contribution in [0, 0.1) is 6.92 Å². The first-order valence-corrected chi connectivity index (χ1v) is 15.2. The molecule has 1 atom stereocenters. The lowest BCUT2D eigenvalue weighted by Gasteiger charge is -2.39. The highest BCUT2D eigenvalue weighted by molar-refractivity contribution is 5.87. The van der Waals surface area contributed by atoms with E-state index >= 15 is 0 Å². The third-order valence-electron chi connectivity index (χ3n) is 9.15. The van der Waals surface area contributed by atoms with Crippen molar-refractivity contribution in [3.8, 4) is 0 Å². The number of likely N-dealkylation sites (tertiary alicyclic amines) is 1. The molecular formula is C34H40N4O4. The molecule has 0 radical (unpaired) electrons. The number of aromatic carboxylic acids is 1. The van der Waals surface area contributed by atoms with Gasteiger partial charge in [0.15, 0.2) is 0 Å². The summed E-state index contributed by atoms with van der Waals surface area (Å²) in [4.78, 5) is 36.8. The Hall–Kier alpha value is -3.75. The molecule has 4 heterocycles. The van der Waals surface area contributed by atoms with Crippen LogP contribution < -0.4 is 0 Å². The number of amides is 2. The van der Waals surface area contributed by atoms with Gasteiger partial charge >= 0.3 is 12.0 Å². The van der Waals surface area contributed by atoms with E-state index in [0.29, 0.717) is 19.0 Å². The molecule has 8 nitrogen and oxygen atoms in total. The quantitative estimate of drug-likeness (QED) is 0.379. The van der Waals surface area contributed by atoms with E-state index in [9.17, 15) is 14.7 Å². The van der Waals surface area contributed by atoms with E-state index in [1.807, 2.05) is 29.2 Å². The van der Waals surface area contributed by atoms with Gasteiger partial charge in [0.05, 0.1) is 11.6 Å². The second-order valence-electron chi connectivity index (χ2n) is 11.9. The standard InChI is InChI=1S/C34H40N4O4/c1-24-29(10-11-31(35-24)26-14-18-42-19-15-26)22-36-16-12-30(13-17-36)38-32(27-7-3-2-4-8-27)23-37(34(38)41)21-25-6-5-9-28(20-25)33(39)40/h2-11,20,26,30,32H,12-19,21-23H2,1H3,(H,39,40)/t32-/m0/s1. The van der Waals surface area contributed by atoms with Gasteiger partial charge in [-0.1, -0.05) is 48.5 Å². The zero-order chi connectivity index (χ0) is 29.1. The molecule has 0 bridgehead atoms. The van der Waals surface area contributed by atoms with Crippen molar-refractivity contribution >= 4 is 12.0 Å². The minimum absolute atomic E-state index is 0.0258. The molecule has 1 N–H and O–H groups in total. The van der Waals surface area contributed by atoms with Crippen LogP contribution in [0.15, 0.2) is 66.7 Å². The van der Waals surface area contributed by atoms with E-state index in [-0.39, 0.29) is 23.7 Å². The van der Waals surface area contributed by atoms with E-state index in [4.69, 9.17) is 9.72 Å². The highest BCUT2D eigenvalue weighted by Crippen LogP contribution is 2.36. The van der Waals surface area contributed by atoms with Gasteiger partial charge in [-0.05, 0) is 67.5 Å². The number of carboxylic acid groups (broad SMARTS) is 1. The number of ether oxygens (including phenoxy) is 1. The predicted molar refractivity (Wildman–Crippen MR) is 160 cm³/mol. The van der Waals surface area contributed by atoms with Crippen LogP contribution >= 0.6 is 0 Å². The molecule has 0 saturated carbocycles. The first-order chi connectivity index (χ1) is 20.5. The molecule has 3 saturated heterocycles. The molecule has 3 aromatic rings. The molecule has 3 fully saturated rings.